The highest BCUT2D eigenvalue weighted by Gasteiger charge is 2.29. The molecule has 0 spiro atoms. The maximum Gasteiger partial charge on any atom is 0.243 e. The van der Waals surface area contributed by atoms with Crippen LogP contribution in [0.3, 0.4) is 0 Å². The molecule has 0 radical (unpaired) electrons. The van der Waals surface area contributed by atoms with Gasteiger partial charge in [-0.3, -0.25) is 0 Å². The number of nitrogens with zero attached hydrogens (tertiary/aromatic N) is 1. The van der Waals surface area contributed by atoms with Crippen LogP contribution in [0.15, 0.2) is 34.1 Å². The Balaban J connectivity index is 2.29. The summed E-state index contributed by atoms with van der Waals surface area (Å²) < 4.78 is 54.2. The third kappa shape index (κ3) is 3.61. The topological polar surface area (TPSA) is 107 Å². The number of methoxy groups -OCH3 is 1. The Morgan fingerprint density at radius 2 is 1.71 bits per heavy atom. The zero-order valence-electron chi connectivity index (χ0n) is 11.6. The SMILES string of the molecule is COC1CCN(S(=O)(=O)c2cccc(S(N)(=O)=O)c2)CC1. The number of nitrogens with two attached hydrogens (primary N) is 1. The van der Waals surface area contributed by atoms with Crippen molar-refractivity contribution in [2.75, 3.05) is 20.2 Å². The number of benzene rings is 1. The first-order chi connectivity index (χ1) is 9.75. The highest BCUT2D eigenvalue weighted by molar-refractivity contribution is 7.90. The Morgan fingerprint density at radius 3 is 2.24 bits per heavy atom. The predicted octanol–water partition coefficient (Wildman–Crippen LogP) is 0.134. The van der Waals surface area contributed by atoms with Gasteiger partial charge in [-0.05, 0) is 31.0 Å². The van der Waals surface area contributed by atoms with E-state index in [1.165, 1.54) is 22.5 Å². The highest BCUT2D eigenvalue weighted by atomic mass is 32.2. The van der Waals surface area contributed by atoms with Gasteiger partial charge in [-0.25, -0.2) is 22.0 Å². The zero-order chi connectivity index (χ0) is 15.7. The van der Waals surface area contributed by atoms with Crippen molar-refractivity contribution in [1.82, 2.24) is 4.31 Å². The lowest BCUT2D eigenvalue weighted by Gasteiger charge is -2.30. The standard InChI is InChI=1S/C12H18N2O5S2/c1-19-10-5-7-14(8-6-10)21(17,18)12-4-2-3-11(9-12)20(13,15)16/h2-4,9-10H,5-8H2,1H3,(H2,13,15,16). The Hall–Kier alpha value is -1.00. The first kappa shape index (κ1) is 16.4. The molecule has 0 amide bonds. The lowest BCUT2D eigenvalue weighted by Crippen LogP contribution is -2.40. The van der Waals surface area contributed by atoms with Crippen LogP contribution in [0.5, 0.6) is 0 Å². The minimum absolute atomic E-state index is 0.0622. The molecule has 1 aliphatic heterocycles. The summed E-state index contributed by atoms with van der Waals surface area (Å²) in [5.41, 5.74) is 0. The fraction of sp³-hybridized carbons (Fsp3) is 0.500. The Morgan fingerprint density at radius 1 is 1.14 bits per heavy atom. The molecule has 0 aromatic heterocycles. The molecule has 118 valence electrons. The fourth-order valence-electron chi connectivity index (χ4n) is 2.27. The van der Waals surface area contributed by atoms with Gasteiger partial charge < -0.3 is 4.74 Å². The van der Waals surface area contributed by atoms with Crippen LogP contribution in [0.1, 0.15) is 12.8 Å². The zero-order valence-corrected chi connectivity index (χ0v) is 13.2. The molecule has 1 aromatic carbocycles. The summed E-state index contributed by atoms with van der Waals surface area (Å²) in [6.45, 7) is 0.695. The molecular formula is C12H18N2O5S2. The molecule has 0 atom stereocenters. The van der Waals surface area contributed by atoms with E-state index in [0.717, 1.165) is 6.07 Å². The molecule has 9 heteroatoms. The van der Waals surface area contributed by atoms with Crippen molar-refractivity contribution in [2.45, 2.75) is 28.7 Å². The molecule has 0 aliphatic carbocycles. The van der Waals surface area contributed by atoms with E-state index in [2.05, 4.69) is 0 Å². The Labute approximate surface area is 124 Å². The third-order valence-electron chi connectivity index (χ3n) is 3.51. The Bertz CT molecular complexity index is 707. The van der Waals surface area contributed by atoms with Crippen LogP contribution in [-0.2, 0) is 24.8 Å². The van der Waals surface area contributed by atoms with Gasteiger partial charge in [0.15, 0.2) is 0 Å². The normalized spacial score (nSPS) is 18.8. The van der Waals surface area contributed by atoms with Crippen LogP contribution in [0.25, 0.3) is 0 Å². The maximum absolute atomic E-state index is 12.5. The molecular weight excluding hydrogens is 316 g/mol. The van der Waals surface area contributed by atoms with Gasteiger partial charge in [0.1, 0.15) is 0 Å². The molecule has 0 unspecified atom stereocenters. The summed E-state index contributed by atoms with van der Waals surface area (Å²) >= 11 is 0. The minimum Gasteiger partial charge on any atom is -0.381 e. The van der Waals surface area contributed by atoms with E-state index in [4.69, 9.17) is 9.88 Å². The van der Waals surface area contributed by atoms with Gasteiger partial charge in [0.2, 0.25) is 20.0 Å². The van der Waals surface area contributed by atoms with E-state index in [1.54, 1.807) is 7.11 Å². The summed E-state index contributed by atoms with van der Waals surface area (Å²) in [6.07, 6.45) is 1.29. The number of hydrogen-bond acceptors (Lipinski definition) is 5. The number of sulfonamides is 2. The van der Waals surface area contributed by atoms with Crippen LogP contribution in [0.2, 0.25) is 0 Å². The highest BCUT2D eigenvalue weighted by Crippen LogP contribution is 2.23. The summed E-state index contributed by atoms with van der Waals surface area (Å²) in [5, 5.41) is 5.03. The second-order valence-corrected chi connectivity index (χ2v) is 8.36. The first-order valence-corrected chi connectivity index (χ1v) is 9.39. The molecule has 0 saturated carbocycles. The van der Waals surface area contributed by atoms with E-state index in [-0.39, 0.29) is 15.9 Å². The second-order valence-electron chi connectivity index (χ2n) is 4.86. The van der Waals surface area contributed by atoms with Gasteiger partial charge in [-0.2, -0.15) is 4.31 Å². The van der Waals surface area contributed by atoms with Crippen molar-refractivity contribution in [1.29, 1.82) is 0 Å². The van der Waals surface area contributed by atoms with E-state index in [1.807, 2.05) is 0 Å². The molecule has 1 aromatic rings. The lowest BCUT2D eigenvalue weighted by molar-refractivity contribution is 0.0604. The largest absolute Gasteiger partial charge is 0.381 e. The van der Waals surface area contributed by atoms with Crippen molar-refractivity contribution in [2.24, 2.45) is 5.14 Å². The van der Waals surface area contributed by atoms with Crippen molar-refractivity contribution in [3.8, 4) is 0 Å². The van der Waals surface area contributed by atoms with Gasteiger partial charge in [0.05, 0.1) is 15.9 Å². The van der Waals surface area contributed by atoms with Crippen molar-refractivity contribution in [3.05, 3.63) is 24.3 Å². The van der Waals surface area contributed by atoms with E-state index >= 15 is 0 Å². The number of ether oxygens (including phenoxy) is 1. The average molecular weight is 334 g/mol. The molecule has 7 nitrogen and oxygen atoms in total. The molecule has 0 bridgehead atoms. The first-order valence-electron chi connectivity index (χ1n) is 6.41. The van der Waals surface area contributed by atoms with Crippen LogP contribution >= 0.6 is 0 Å². The molecule has 1 aliphatic rings. The quantitative estimate of drug-likeness (QED) is 0.842. The summed E-state index contributed by atoms with van der Waals surface area (Å²) in [6, 6.07) is 5.10. The number of rotatable bonds is 4. The van der Waals surface area contributed by atoms with Crippen molar-refractivity contribution < 1.29 is 21.6 Å². The average Bonchev–Trinajstić information content (AvgIpc) is 2.46. The predicted molar refractivity (Wildman–Crippen MR) is 76.6 cm³/mol. The molecule has 2 N–H and O–H groups in total. The van der Waals surface area contributed by atoms with Gasteiger partial charge >= 0.3 is 0 Å². The fourth-order valence-corrected chi connectivity index (χ4v) is 4.42. The van der Waals surface area contributed by atoms with E-state index in [9.17, 15) is 16.8 Å². The summed E-state index contributed by atoms with van der Waals surface area (Å²) in [4.78, 5) is -0.278. The molecule has 21 heavy (non-hydrogen) atoms. The van der Waals surface area contributed by atoms with Crippen molar-refractivity contribution >= 4 is 20.0 Å². The summed E-state index contributed by atoms with van der Waals surface area (Å²) in [7, 11) is -6.05. The van der Waals surface area contributed by atoms with Crippen molar-refractivity contribution in [3.63, 3.8) is 0 Å². The third-order valence-corrected chi connectivity index (χ3v) is 6.31. The van der Waals surface area contributed by atoms with E-state index in [0.29, 0.717) is 25.9 Å². The van der Waals surface area contributed by atoms with Crippen LogP contribution in [0, 0.1) is 0 Å². The second kappa shape index (κ2) is 6.01. The summed E-state index contributed by atoms with van der Waals surface area (Å²) in [5.74, 6) is 0. The van der Waals surface area contributed by atoms with Gasteiger partial charge in [0.25, 0.3) is 0 Å². The van der Waals surface area contributed by atoms with Gasteiger partial charge in [0, 0.05) is 20.2 Å². The van der Waals surface area contributed by atoms with Gasteiger partial charge in [-0.1, -0.05) is 6.07 Å². The minimum atomic E-state index is -3.93. The number of piperidine rings is 1. The number of hydrogen-bond donors (Lipinski definition) is 1. The van der Waals surface area contributed by atoms with E-state index < -0.39 is 20.0 Å². The van der Waals surface area contributed by atoms with Crippen LogP contribution in [0.4, 0.5) is 0 Å². The molecule has 2 rings (SSSR count). The van der Waals surface area contributed by atoms with Crippen LogP contribution < -0.4 is 5.14 Å². The lowest BCUT2D eigenvalue weighted by atomic mass is 10.1. The van der Waals surface area contributed by atoms with Crippen LogP contribution in [-0.4, -0.2) is 47.4 Å². The smallest absolute Gasteiger partial charge is 0.243 e. The molecule has 1 fully saturated rings. The Kier molecular flexibility index (Phi) is 4.69. The molecule has 1 saturated heterocycles. The maximum atomic E-state index is 12.5. The monoisotopic (exact) mass is 334 g/mol. The molecule has 1 heterocycles. The number of primary sulfonamides is 1. The van der Waals surface area contributed by atoms with Gasteiger partial charge in [-0.15, -0.1) is 0 Å².